The third-order valence-electron chi connectivity index (χ3n) is 9.05. The van der Waals surface area contributed by atoms with Crippen LogP contribution < -0.4 is 15.4 Å². The average molecular weight is 490 g/mol. The van der Waals surface area contributed by atoms with Crippen molar-refractivity contribution in [3.8, 4) is 11.8 Å². The van der Waals surface area contributed by atoms with Crippen LogP contribution in [-0.2, 0) is 9.59 Å². The van der Waals surface area contributed by atoms with Gasteiger partial charge in [-0.05, 0) is 74.0 Å². The Hall–Kier alpha value is -3.54. The number of nitriles is 1. The summed E-state index contributed by atoms with van der Waals surface area (Å²) < 4.78 is 5.44. The van der Waals surface area contributed by atoms with Crippen molar-refractivity contribution in [2.75, 3.05) is 20.2 Å². The summed E-state index contributed by atoms with van der Waals surface area (Å²) in [7, 11) is 1.60. The number of amides is 3. The van der Waals surface area contributed by atoms with E-state index in [2.05, 4.69) is 21.7 Å². The normalized spacial score (nSPS) is 31.2. The second-order valence-corrected chi connectivity index (χ2v) is 11.1. The number of nitrogens with one attached hydrogen (secondary N) is 3. The van der Waals surface area contributed by atoms with E-state index < -0.39 is 12.1 Å². The van der Waals surface area contributed by atoms with Crippen molar-refractivity contribution < 1.29 is 19.1 Å². The van der Waals surface area contributed by atoms with Crippen LogP contribution in [0.15, 0.2) is 24.3 Å². The van der Waals surface area contributed by atoms with Crippen LogP contribution in [-0.4, -0.2) is 59.9 Å². The summed E-state index contributed by atoms with van der Waals surface area (Å²) in [6.45, 7) is 1.14. The van der Waals surface area contributed by atoms with E-state index in [9.17, 15) is 19.6 Å². The summed E-state index contributed by atoms with van der Waals surface area (Å²) in [6, 6.07) is 8.13. The highest BCUT2D eigenvalue weighted by molar-refractivity contribution is 6.01. The number of ether oxygens (including phenoxy) is 1. The van der Waals surface area contributed by atoms with Gasteiger partial charge in [-0.15, -0.1) is 0 Å². The van der Waals surface area contributed by atoms with E-state index in [1.807, 2.05) is 18.2 Å². The lowest BCUT2D eigenvalue weighted by molar-refractivity contribution is -0.147. The van der Waals surface area contributed by atoms with E-state index in [0.717, 1.165) is 16.8 Å². The van der Waals surface area contributed by atoms with Crippen LogP contribution in [0.2, 0.25) is 0 Å². The van der Waals surface area contributed by atoms with Crippen LogP contribution in [0.3, 0.4) is 0 Å². The monoisotopic (exact) mass is 489 g/mol. The maximum absolute atomic E-state index is 13.8. The Balaban J connectivity index is 1.23. The number of carbonyl (C=O) groups is 3. The number of aromatic amines is 1. The standard InChI is InChI=1S/C27H31N5O4/c1-36-23-4-2-3-20-19(23)9-21(31-20)26(35)32-14-17(27-10-15(11-27)12-27)8-22(32)25(34)30-18(13-28)7-16-5-6-29-24(16)33/h2-4,9,15-18,22,31H,5-8,10-12,14H2,1H3,(H,29,33)(H,30,34)/t15?,16-,17-,18-,22-,27?/m0/s1. The van der Waals surface area contributed by atoms with Crippen LogP contribution in [0.4, 0.5) is 0 Å². The topological polar surface area (TPSA) is 127 Å². The summed E-state index contributed by atoms with van der Waals surface area (Å²) in [5.41, 5.74) is 1.48. The first-order valence-electron chi connectivity index (χ1n) is 12.8. The molecule has 0 radical (unpaired) electrons. The molecule has 9 nitrogen and oxygen atoms in total. The second kappa shape index (κ2) is 8.54. The highest BCUT2D eigenvalue weighted by atomic mass is 16.5. The van der Waals surface area contributed by atoms with Crippen molar-refractivity contribution in [1.29, 1.82) is 5.26 Å². The number of benzene rings is 1. The van der Waals surface area contributed by atoms with E-state index in [-0.39, 0.29) is 41.4 Å². The Morgan fingerprint density at radius 2 is 2.14 bits per heavy atom. The molecule has 7 rings (SSSR count). The van der Waals surface area contributed by atoms with E-state index in [4.69, 9.17) is 4.74 Å². The van der Waals surface area contributed by atoms with Crippen molar-refractivity contribution in [2.24, 2.45) is 23.2 Å². The van der Waals surface area contributed by atoms with Gasteiger partial charge >= 0.3 is 0 Å². The lowest BCUT2D eigenvalue weighted by Crippen LogP contribution is -2.56. The van der Waals surface area contributed by atoms with Gasteiger partial charge in [0.1, 0.15) is 23.5 Å². The summed E-state index contributed by atoms with van der Waals surface area (Å²) in [5.74, 6) is 0.900. The number of nitrogens with zero attached hydrogens (tertiary/aromatic N) is 2. The Kier molecular flexibility index (Phi) is 5.43. The molecule has 1 aromatic heterocycles. The zero-order valence-electron chi connectivity index (χ0n) is 20.4. The fourth-order valence-corrected chi connectivity index (χ4v) is 6.94. The summed E-state index contributed by atoms with van der Waals surface area (Å²) >= 11 is 0. The molecule has 3 amide bonds. The molecule has 5 aliphatic rings. The molecule has 0 spiro atoms. The Labute approximate surface area is 209 Å². The van der Waals surface area contributed by atoms with Gasteiger partial charge in [-0.1, -0.05) is 6.07 Å². The third kappa shape index (κ3) is 3.62. The summed E-state index contributed by atoms with van der Waals surface area (Å²) in [4.78, 5) is 44.1. The number of fused-ring (bicyclic) bond motifs is 1. The Morgan fingerprint density at radius 3 is 2.78 bits per heavy atom. The smallest absolute Gasteiger partial charge is 0.270 e. The lowest BCUT2D eigenvalue weighted by atomic mass is 9.40. The summed E-state index contributed by atoms with van der Waals surface area (Å²) in [6.07, 6.45) is 5.12. The molecule has 9 heteroatoms. The van der Waals surface area contributed by atoms with Crippen LogP contribution in [0.1, 0.15) is 49.0 Å². The first-order valence-corrected chi connectivity index (χ1v) is 12.8. The fraction of sp³-hybridized carbons (Fsp3) is 0.556. The Bertz CT molecular complexity index is 1260. The molecule has 2 aliphatic heterocycles. The minimum Gasteiger partial charge on any atom is -0.496 e. The minimum absolute atomic E-state index is 0.0694. The van der Waals surface area contributed by atoms with Crippen LogP contribution >= 0.6 is 0 Å². The quantitative estimate of drug-likeness (QED) is 0.550. The van der Waals surface area contributed by atoms with Gasteiger partial charge in [-0.2, -0.15) is 5.26 Å². The predicted octanol–water partition coefficient (Wildman–Crippen LogP) is 2.34. The fourth-order valence-electron chi connectivity index (χ4n) is 6.94. The van der Waals surface area contributed by atoms with Gasteiger partial charge in [-0.3, -0.25) is 14.4 Å². The van der Waals surface area contributed by atoms with E-state index in [1.54, 1.807) is 18.1 Å². The molecule has 188 valence electrons. The molecule has 36 heavy (non-hydrogen) atoms. The maximum atomic E-state index is 13.8. The molecular formula is C27H31N5O4. The molecule has 3 aliphatic carbocycles. The second-order valence-electron chi connectivity index (χ2n) is 11.1. The zero-order valence-corrected chi connectivity index (χ0v) is 20.4. The average Bonchev–Trinajstić information content (AvgIpc) is 3.54. The largest absolute Gasteiger partial charge is 0.496 e. The first-order chi connectivity index (χ1) is 17.4. The molecule has 5 fully saturated rings. The van der Waals surface area contributed by atoms with Gasteiger partial charge in [0.15, 0.2) is 0 Å². The number of hydrogen-bond acceptors (Lipinski definition) is 5. The van der Waals surface area contributed by atoms with Crippen LogP contribution in [0, 0.1) is 34.5 Å². The van der Waals surface area contributed by atoms with Gasteiger partial charge in [0, 0.05) is 29.9 Å². The molecule has 3 saturated carbocycles. The number of rotatable bonds is 7. The van der Waals surface area contributed by atoms with E-state index in [0.29, 0.717) is 37.4 Å². The van der Waals surface area contributed by atoms with Crippen molar-refractivity contribution in [1.82, 2.24) is 20.5 Å². The highest BCUT2D eigenvalue weighted by Gasteiger charge is 2.62. The Morgan fingerprint density at radius 1 is 1.33 bits per heavy atom. The number of hydrogen-bond donors (Lipinski definition) is 3. The number of likely N-dealkylation sites (tertiary alicyclic amines) is 1. The SMILES string of the molecule is COc1cccc2[nH]c(C(=O)N3C[C@@H](C45CC(C4)C5)C[C@H]3C(=O)N[C@H](C#N)C[C@@H]3CCNC3=O)cc12. The maximum Gasteiger partial charge on any atom is 0.270 e. The number of aromatic nitrogens is 1. The molecule has 3 heterocycles. The van der Waals surface area contributed by atoms with Gasteiger partial charge in [0.25, 0.3) is 5.91 Å². The van der Waals surface area contributed by atoms with Crippen LogP contribution in [0.25, 0.3) is 10.9 Å². The van der Waals surface area contributed by atoms with E-state index >= 15 is 0 Å². The van der Waals surface area contributed by atoms with Crippen molar-refractivity contribution in [3.05, 3.63) is 30.0 Å². The first kappa shape index (κ1) is 22.9. The van der Waals surface area contributed by atoms with Gasteiger partial charge in [0.05, 0.1) is 13.2 Å². The molecule has 4 atom stereocenters. The molecule has 3 N–H and O–H groups in total. The highest BCUT2D eigenvalue weighted by Crippen LogP contribution is 2.69. The van der Waals surface area contributed by atoms with Gasteiger partial charge < -0.3 is 25.3 Å². The zero-order chi connectivity index (χ0) is 25.0. The molecule has 2 bridgehead atoms. The number of methoxy groups -OCH3 is 1. The third-order valence-corrected chi connectivity index (χ3v) is 9.05. The van der Waals surface area contributed by atoms with Gasteiger partial charge in [0.2, 0.25) is 11.8 Å². The molecule has 2 saturated heterocycles. The van der Waals surface area contributed by atoms with Crippen molar-refractivity contribution in [2.45, 2.75) is 50.6 Å². The van der Waals surface area contributed by atoms with Crippen molar-refractivity contribution >= 4 is 28.6 Å². The predicted molar refractivity (Wildman–Crippen MR) is 131 cm³/mol. The molecule has 0 unspecified atom stereocenters. The molecular weight excluding hydrogens is 458 g/mol. The summed E-state index contributed by atoms with van der Waals surface area (Å²) in [5, 5.41) is 16.1. The molecule has 1 aromatic carbocycles. The van der Waals surface area contributed by atoms with Gasteiger partial charge in [-0.25, -0.2) is 0 Å². The number of H-pyrrole nitrogens is 1. The van der Waals surface area contributed by atoms with Crippen molar-refractivity contribution in [3.63, 3.8) is 0 Å². The molecule has 2 aromatic rings. The lowest BCUT2D eigenvalue weighted by Gasteiger charge is -2.65. The minimum atomic E-state index is -0.769. The van der Waals surface area contributed by atoms with Crippen LogP contribution in [0.5, 0.6) is 5.75 Å². The van der Waals surface area contributed by atoms with E-state index in [1.165, 1.54) is 19.3 Å². The number of carbonyl (C=O) groups excluding carboxylic acids is 3.